The normalized spacial score (nSPS) is 24.9. The topological polar surface area (TPSA) is 12.5 Å². The summed E-state index contributed by atoms with van der Waals surface area (Å²) in [6.45, 7) is 3.37. The quantitative estimate of drug-likeness (QED) is 0.559. The van der Waals surface area contributed by atoms with Crippen molar-refractivity contribution in [2.24, 2.45) is 0 Å². The van der Waals surface area contributed by atoms with Gasteiger partial charge in [0.05, 0.1) is 0 Å². The van der Waals surface area contributed by atoms with Crippen molar-refractivity contribution in [3.63, 3.8) is 0 Å². The molecule has 0 bridgehead atoms. The Hall–Kier alpha value is 0.400. The predicted molar refractivity (Wildman–Crippen MR) is 64.1 cm³/mol. The highest BCUT2D eigenvalue weighted by molar-refractivity contribution is 9.09. The Morgan fingerprint density at radius 2 is 2.21 bits per heavy atom. The van der Waals surface area contributed by atoms with Crippen molar-refractivity contribution in [3.8, 4) is 0 Å². The summed E-state index contributed by atoms with van der Waals surface area (Å²) in [5, 5.41) is 1.12. The number of halogens is 1. The van der Waals surface area contributed by atoms with Crippen molar-refractivity contribution in [3.05, 3.63) is 0 Å². The van der Waals surface area contributed by atoms with Gasteiger partial charge in [0, 0.05) is 31.6 Å². The van der Waals surface area contributed by atoms with Gasteiger partial charge in [0.2, 0.25) is 0 Å². The molecule has 1 fully saturated rings. The molecule has 1 unspecified atom stereocenters. The number of likely N-dealkylation sites (tertiary alicyclic amines) is 1. The van der Waals surface area contributed by atoms with E-state index in [1.807, 2.05) is 0 Å². The first-order chi connectivity index (χ1) is 6.88. The van der Waals surface area contributed by atoms with E-state index in [9.17, 15) is 0 Å². The van der Waals surface area contributed by atoms with Crippen LogP contribution in [0.3, 0.4) is 0 Å². The molecule has 0 amide bonds. The molecule has 0 spiro atoms. The molecule has 2 nitrogen and oxygen atoms in total. The molecule has 1 atom stereocenters. The van der Waals surface area contributed by atoms with Gasteiger partial charge in [-0.05, 0) is 25.8 Å². The van der Waals surface area contributed by atoms with Crippen LogP contribution >= 0.6 is 15.9 Å². The summed E-state index contributed by atoms with van der Waals surface area (Å²) in [7, 11) is 1.78. The van der Waals surface area contributed by atoms with E-state index < -0.39 is 0 Å². The van der Waals surface area contributed by atoms with Crippen molar-refractivity contribution < 1.29 is 4.74 Å². The van der Waals surface area contributed by atoms with Gasteiger partial charge < -0.3 is 4.74 Å². The minimum absolute atomic E-state index is 0.759. The van der Waals surface area contributed by atoms with Gasteiger partial charge in [-0.1, -0.05) is 28.8 Å². The minimum Gasteiger partial charge on any atom is -0.385 e. The molecule has 14 heavy (non-hydrogen) atoms. The van der Waals surface area contributed by atoms with Crippen LogP contribution in [-0.2, 0) is 4.74 Å². The Kier molecular flexibility index (Phi) is 6.82. The van der Waals surface area contributed by atoms with Gasteiger partial charge >= 0.3 is 0 Å². The highest BCUT2D eigenvalue weighted by atomic mass is 79.9. The van der Waals surface area contributed by atoms with Gasteiger partial charge in [-0.2, -0.15) is 0 Å². The van der Waals surface area contributed by atoms with Crippen LogP contribution in [0, 0.1) is 0 Å². The first-order valence-electron chi connectivity index (χ1n) is 5.67. The second-order valence-electron chi connectivity index (χ2n) is 4.04. The molecule has 3 heteroatoms. The van der Waals surface area contributed by atoms with Gasteiger partial charge in [-0.3, -0.25) is 4.90 Å². The molecule has 0 N–H and O–H groups in total. The predicted octanol–water partition coefficient (Wildman–Crippen LogP) is 2.66. The summed E-state index contributed by atoms with van der Waals surface area (Å²) in [4.78, 5) is 2.63. The molecule has 1 aliphatic heterocycles. The van der Waals surface area contributed by atoms with Crippen LogP contribution in [0.1, 0.15) is 32.1 Å². The van der Waals surface area contributed by atoms with Crippen LogP contribution < -0.4 is 0 Å². The van der Waals surface area contributed by atoms with Crippen LogP contribution in [0.2, 0.25) is 0 Å². The second kappa shape index (κ2) is 7.66. The van der Waals surface area contributed by atoms with Crippen LogP contribution in [0.25, 0.3) is 0 Å². The van der Waals surface area contributed by atoms with E-state index in [0.29, 0.717) is 0 Å². The summed E-state index contributed by atoms with van der Waals surface area (Å²) in [5.74, 6) is 0. The SMILES string of the molecule is COCCCN1CCCCCC1CBr. The Morgan fingerprint density at radius 1 is 1.36 bits per heavy atom. The van der Waals surface area contributed by atoms with Crippen LogP contribution in [-0.4, -0.2) is 43.1 Å². The molecule has 84 valence electrons. The zero-order valence-corrected chi connectivity index (χ0v) is 10.8. The maximum Gasteiger partial charge on any atom is 0.0474 e. The first kappa shape index (κ1) is 12.5. The Morgan fingerprint density at radius 3 is 2.93 bits per heavy atom. The minimum atomic E-state index is 0.759. The average molecular weight is 264 g/mol. The summed E-state index contributed by atoms with van der Waals surface area (Å²) >= 11 is 3.62. The van der Waals surface area contributed by atoms with Crippen molar-refractivity contribution in [2.75, 3.05) is 32.1 Å². The van der Waals surface area contributed by atoms with Gasteiger partial charge in [0.15, 0.2) is 0 Å². The Labute approximate surface area is 96.1 Å². The summed E-state index contributed by atoms with van der Waals surface area (Å²) < 4.78 is 5.09. The van der Waals surface area contributed by atoms with Crippen molar-refractivity contribution >= 4 is 15.9 Å². The Balaban J connectivity index is 2.28. The third kappa shape index (κ3) is 4.28. The lowest BCUT2D eigenvalue weighted by atomic mass is 10.1. The molecule has 0 saturated carbocycles. The number of methoxy groups -OCH3 is 1. The van der Waals surface area contributed by atoms with E-state index in [-0.39, 0.29) is 0 Å². The number of rotatable bonds is 5. The van der Waals surface area contributed by atoms with Crippen molar-refractivity contribution in [1.82, 2.24) is 4.90 Å². The molecule has 1 saturated heterocycles. The van der Waals surface area contributed by atoms with Crippen molar-refractivity contribution in [2.45, 2.75) is 38.1 Å². The fourth-order valence-electron chi connectivity index (χ4n) is 2.12. The van der Waals surface area contributed by atoms with Gasteiger partial charge in [0.1, 0.15) is 0 Å². The molecule has 0 aromatic carbocycles. The zero-order chi connectivity index (χ0) is 10.2. The zero-order valence-electron chi connectivity index (χ0n) is 9.17. The highest BCUT2D eigenvalue weighted by Crippen LogP contribution is 2.18. The molecule has 0 aromatic heterocycles. The second-order valence-corrected chi connectivity index (χ2v) is 4.69. The van der Waals surface area contributed by atoms with Crippen LogP contribution in [0.4, 0.5) is 0 Å². The maximum absolute atomic E-state index is 5.09. The summed E-state index contributed by atoms with van der Waals surface area (Å²) in [5.41, 5.74) is 0. The summed E-state index contributed by atoms with van der Waals surface area (Å²) in [6.07, 6.45) is 6.70. The fourth-order valence-corrected chi connectivity index (χ4v) is 2.85. The lowest BCUT2D eigenvalue weighted by Crippen LogP contribution is -2.37. The van der Waals surface area contributed by atoms with Crippen LogP contribution in [0.5, 0.6) is 0 Å². The smallest absolute Gasteiger partial charge is 0.0474 e. The van der Waals surface area contributed by atoms with Gasteiger partial charge in [-0.15, -0.1) is 0 Å². The number of hydrogen-bond donors (Lipinski definition) is 0. The molecule has 1 aliphatic rings. The molecule has 0 aromatic rings. The lowest BCUT2D eigenvalue weighted by molar-refractivity contribution is 0.157. The van der Waals surface area contributed by atoms with E-state index in [1.54, 1.807) is 7.11 Å². The van der Waals surface area contributed by atoms with Gasteiger partial charge in [0.25, 0.3) is 0 Å². The monoisotopic (exact) mass is 263 g/mol. The molecule has 0 radical (unpaired) electrons. The number of ether oxygens (including phenoxy) is 1. The first-order valence-corrected chi connectivity index (χ1v) is 6.79. The maximum atomic E-state index is 5.09. The summed E-state index contributed by atoms with van der Waals surface area (Å²) in [6, 6.07) is 0.759. The third-order valence-corrected chi connectivity index (χ3v) is 3.72. The van der Waals surface area contributed by atoms with E-state index in [4.69, 9.17) is 4.74 Å². The molecule has 1 rings (SSSR count). The fraction of sp³-hybridized carbons (Fsp3) is 1.00. The largest absolute Gasteiger partial charge is 0.385 e. The third-order valence-electron chi connectivity index (χ3n) is 2.97. The molecular formula is C11H22BrNO. The number of hydrogen-bond acceptors (Lipinski definition) is 2. The van der Waals surface area contributed by atoms with Crippen LogP contribution in [0.15, 0.2) is 0 Å². The van der Waals surface area contributed by atoms with E-state index in [2.05, 4.69) is 20.8 Å². The van der Waals surface area contributed by atoms with E-state index >= 15 is 0 Å². The van der Waals surface area contributed by atoms with Crippen molar-refractivity contribution in [1.29, 1.82) is 0 Å². The highest BCUT2D eigenvalue weighted by Gasteiger charge is 2.18. The molecule has 0 aliphatic carbocycles. The van der Waals surface area contributed by atoms with Gasteiger partial charge in [-0.25, -0.2) is 0 Å². The number of nitrogens with zero attached hydrogens (tertiary/aromatic N) is 1. The standard InChI is InChI=1S/C11H22BrNO/c1-14-9-5-8-13-7-4-2-3-6-11(13)10-12/h11H,2-10H2,1H3. The van der Waals surface area contributed by atoms with E-state index in [0.717, 1.165) is 18.0 Å². The number of alkyl halides is 1. The molecule has 1 heterocycles. The van der Waals surface area contributed by atoms with E-state index in [1.165, 1.54) is 45.2 Å². The Bertz CT molecular complexity index is 143. The lowest BCUT2D eigenvalue weighted by Gasteiger charge is -2.28. The molecular weight excluding hydrogens is 242 g/mol. The average Bonchev–Trinajstić information content (AvgIpc) is 2.43.